The summed E-state index contributed by atoms with van der Waals surface area (Å²) in [6.45, 7) is 0.457. The van der Waals surface area contributed by atoms with Crippen LogP contribution in [0.1, 0.15) is 28.5 Å². The van der Waals surface area contributed by atoms with Crippen LogP contribution < -0.4 is 9.64 Å². The number of para-hydroxylation sites is 2. The van der Waals surface area contributed by atoms with E-state index in [1.165, 1.54) is 0 Å². The van der Waals surface area contributed by atoms with Gasteiger partial charge in [0.2, 0.25) is 0 Å². The minimum absolute atomic E-state index is 0.245. The molecule has 3 nitrogen and oxygen atoms in total. The Bertz CT molecular complexity index is 1150. The molecule has 0 bridgehead atoms. The van der Waals surface area contributed by atoms with Gasteiger partial charge in [0.05, 0.1) is 0 Å². The normalized spacial score (nSPS) is 18.5. The Labute approximate surface area is 176 Å². The van der Waals surface area contributed by atoms with Gasteiger partial charge in [-0.15, -0.1) is 0 Å². The highest BCUT2D eigenvalue weighted by Crippen LogP contribution is 2.54. The quantitative estimate of drug-likeness (QED) is 0.427. The summed E-state index contributed by atoms with van der Waals surface area (Å²) in [4.78, 5) is 2.21. The fourth-order valence-electron chi connectivity index (χ4n) is 4.73. The smallest absolute Gasteiger partial charge is 0.164 e. The molecule has 4 aromatic carbocycles. The molecule has 2 aliphatic heterocycles. The minimum Gasteiger partial charge on any atom is -0.473 e. The van der Waals surface area contributed by atoms with Crippen molar-refractivity contribution in [1.29, 1.82) is 0 Å². The van der Waals surface area contributed by atoms with Crippen LogP contribution in [0.5, 0.6) is 5.75 Å². The maximum atomic E-state index is 7.15. The molecule has 30 heavy (non-hydrogen) atoms. The van der Waals surface area contributed by atoms with E-state index in [1.807, 2.05) is 30.3 Å². The Hall–Kier alpha value is -3.56. The lowest BCUT2D eigenvalue weighted by Crippen LogP contribution is -2.49. The van der Waals surface area contributed by atoms with Crippen LogP contribution in [0.3, 0.4) is 0 Å². The summed E-state index contributed by atoms with van der Waals surface area (Å²) in [7, 11) is 0. The number of anilines is 1. The highest BCUT2D eigenvalue weighted by molar-refractivity contribution is 5.66. The molecule has 2 aliphatic rings. The van der Waals surface area contributed by atoms with Gasteiger partial charge in [-0.1, -0.05) is 97.1 Å². The van der Waals surface area contributed by atoms with Crippen LogP contribution in [-0.4, -0.2) is 6.73 Å². The largest absolute Gasteiger partial charge is 0.473 e. The van der Waals surface area contributed by atoms with Crippen LogP contribution in [0, 0.1) is 0 Å². The molecule has 0 N–H and O–H groups in total. The standard InChI is InChI=1S/C27H21NO2/c1-3-11-20(12-4-1)27(21-13-5-2-6-14-21)23-16-8-9-17-24(23)28-19-29-25-18-10-7-15-22(25)26(28)30-27/h1-18,26H,19H2/t26-/m1/s1. The minimum atomic E-state index is -0.718. The topological polar surface area (TPSA) is 21.7 Å². The first-order chi connectivity index (χ1) is 14.9. The summed E-state index contributed by atoms with van der Waals surface area (Å²) in [6.07, 6.45) is -0.245. The summed E-state index contributed by atoms with van der Waals surface area (Å²) in [5.74, 6) is 0.883. The molecule has 2 heterocycles. The number of fused-ring (bicyclic) bond motifs is 5. The van der Waals surface area contributed by atoms with Crippen LogP contribution in [0.15, 0.2) is 109 Å². The van der Waals surface area contributed by atoms with Crippen LogP contribution in [-0.2, 0) is 10.3 Å². The Morgan fingerprint density at radius 1 is 0.667 bits per heavy atom. The number of rotatable bonds is 2. The third-order valence-electron chi connectivity index (χ3n) is 6.07. The SMILES string of the molecule is c1ccc(C2(c3ccccc3)O[C@@H]3c4ccccc4OCN3c3ccccc32)cc1. The molecule has 0 aromatic heterocycles. The first-order valence-electron chi connectivity index (χ1n) is 10.2. The van der Waals surface area contributed by atoms with Crippen LogP contribution >= 0.6 is 0 Å². The summed E-state index contributed by atoms with van der Waals surface area (Å²) < 4.78 is 13.2. The lowest BCUT2D eigenvalue weighted by atomic mass is 9.77. The Kier molecular flexibility index (Phi) is 3.90. The number of hydrogen-bond donors (Lipinski definition) is 0. The summed E-state index contributed by atoms with van der Waals surface area (Å²) in [5, 5.41) is 0. The third kappa shape index (κ3) is 2.42. The number of benzene rings is 4. The first-order valence-corrected chi connectivity index (χ1v) is 10.2. The van der Waals surface area contributed by atoms with Crippen LogP contribution in [0.2, 0.25) is 0 Å². The Balaban J connectivity index is 1.67. The van der Waals surface area contributed by atoms with E-state index in [0.29, 0.717) is 6.73 Å². The van der Waals surface area contributed by atoms with Crippen molar-refractivity contribution in [3.05, 3.63) is 131 Å². The summed E-state index contributed by atoms with van der Waals surface area (Å²) >= 11 is 0. The molecule has 146 valence electrons. The molecular formula is C27H21NO2. The second-order valence-electron chi connectivity index (χ2n) is 7.68. The average molecular weight is 391 g/mol. The van der Waals surface area contributed by atoms with Crippen molar-refractivity contribution in [2.75, 3.05) is 11.6 Å². The van der Waals surface area contributed by atoms with E-state index in [2.05, 4.69) is 83.8 Å². The van der Waals surface area contributed by atoms with Crippen molar-refractivity contribution in [3.8, 4) is 5.75 Å². The molecular weight excluding hydrogens is 370 g/mol. The van der Waals surface area contributed by atoms with Gasteiger partial charge in [0.15, 0.2) is 13.0 Å². The highest BCUT2D eigenvalue weighted by Gasteiger charge is 2.49. The van der Waals surface area contributed by atoms with E-state index in [-0.39, 0.29) is 6.23 Å². The summed E-state index contributed by atoms with van der Waals surface area (Å²) in [5.41, 5.74) is 4.83. The van der Waals surface area contributed by atoms with Gasteiger partial charge in [0.25, 0.3) is 0 Å². The second kappa shape index (κ2) is 6.75. The van der Waals surface area contributed by atoms with Gasteiger partial charge in [-0.25, -0.2) is 0 Å². The molecule has 4 aromatic rings. The zero-order chi connectivity index (χ0) is 20.0. The maximum Gasteiger partial charge on any atom is 0.164 e. The molecule has 0 radical (unpaired) electrons. The van der Waals surface area contributed by atoms with Gasteiger partial charge in [-0.2, -0.15) is 0 Å². The maximum absolute atomic E-state index is 7.15. The zero-order valence-electron chi connectivity index (χ0n) is 16.4. The predicted molar refractivity (Wildman–Crippen MR) is 117 cm³/mol. The zero-order valence-corrected chi connectivity index (χ0v) is 16.4. The average Bonchev–Trinajstić information content (AvgIpc) is 2.84. The van der Waals surface area contributed by atoms with E-state index in [1.54, 1.807) is 0 Å². The van der Waals surface area contributed by atoms with Crippen LogP contribution in [0.4, 0.5) is 5.69 Å². The van der Waals surface area contributed by atoms with Gasteiger partial charge < -0.3 is 14.4 Å². The lowest BCUT2D eigenvalue weighted by Gasteiger charge is -2.50. The van der Waals surface area contributed by atoms with E-state index >= 15 is 0 Å². The van der Waals surface area contributed by atoms with Crippen molar-refractivity contribution in [3.63, 3.8) is 0 Å². The van der Waals surface area contributed by atoms with E-state index in [4.69, 9.17) is 9.47 Å². The summed E-state index contributed by atoms with van der Waals surface area (Å²) in [6, 6.07) is 37.7. The fraction of sp³-hybridized carbons (Fsp3) is 0.111. The van der Waals surface area contributed by atoms with Gasteiger partial charge in [0.1, 0.15) is 11.4 Å². The number of nitrogens with zero attached hydrogens (tertiary/aromatic N) is 1. The van der Waals surface area contributed by atoms with E-state index in [0.717, 1.165) is 33.7 Å². The van der Waals surface area contributed by atoms with Gasteiger partial charge >= 0.3 is 0 Å². The van der Waals surface area contributed by atoms with Crippen molar-refractivity contribution < 1.29 is 9.47 Å². The monoisotopic (exact) mass is 391 g/mol. The Morgan fingerprint density at radius 2 is 1.27 bits per heavy atom. The highest BCUT2D eigenvalue weighted by atomic mass is 16.6. The van der Waals surface area contributed by atoms with Crippen molar-refractivity contribution in [2.45, 2.75) is 11.8 Å². The molecule has 0 saturated heterocycles. The molecule has 0 spiro atoms. The third-order valence-corrected chi connectivity index (χ3v) is 6.07. The van der Waals surface area contributed by atoms with Crippen molar-refractivity contribution in [2.24, 2.45) is 0 Å². The van der Waals surface area contributed by atoms with Crippen LogP contribution in [0.25, 0.3) is 0 Å². The fourth-order valence-corrected chi connectivity index (χ4v) is 4.73. The second-order valence-corrected chi connectivity index (χ2v) is 7.68. The van der Waals surface area contributed by atoms with E-state index in [9.17, 15) is 0 Å². The van der Waals surface area contributed by atoms with Gasteiger partial charge in [-0.3, -0.25) is 0 Å². The molecule has 0 aliphatic carbocycles. The molecule has 6 rings (SSSR count). The van der Waals surface area contributed by atoms with Gasteiger partial charge in [0, 0.05) is 16.8 Å². The Morgan fingerprint density at radius 3 is 2.00 bits per heavy atom. The molecule has 3 heteroatoms. The number of ether oxygens (including phenoxy) is 2. The molecule has 0 saturated carbocycles. The number of hydrogen-bond acceptors (Lipinski definition) is 3. The molecule has 0 unspecified atom stereocenters. The van der Waals surface area contributed by atoms with Gasteiger partial charge in [-0.05, 0) is 23.3 Å². The predicted octanol–water partition coefficient (Wildman–Crippen LogP) is 5.86. The molecule has 1 atom stereocenters. The van der Waals surface area contributed by atoms with Crippen molar-refractivity contribution >= 4 is 5.69 Å². The molecule has 0 fully saturated rings. The van der Waals surface area contributed by atoms with Crippen molar-refractivity contribution in [1.82, 2.24) is 0 Å². The van der Waals surface area contributed by atoms with E-state index < -0.39 is 5.60 Å². The molecule has 0 amide bonds. The lowest BCUT2D eigenvalue weighted by molar-refractivity contribution is -0.0732. The first kappa shape index (κ1) is 17.3.